The zero-order valence-electron chi connectivity index (χ0n) is 13.7. The summed E-state index contributed by atoms with van der Waals surface area (Å²) in [5.41, 5.74) is 3.64. The molecule has 0 atom stereocenters. The molecule has 3 N–H and O–H groups in total. The molecule has 0 aliphatic heterocycles. The van der Waals surface area contributed by atoms with Crippen molar-refractivity contribution in [2.75, 3.05) is 16.5 Å². The zero-order valence-corrected chi connectivity index (χ0v) is 15.3. The number of aryl methyl sites for hydroxylation is 1. The number of thioether (sulfide) groups is 1. The summed E-state index contributed by atoms with van der Waals surface area (Å²) in [5, 5.41) is 23.1. The fourth-order valence-electron chi connectivity index (χ4n) is 1.71. The fourth-order valence-corrected chi connectivity index (χ4v) is 3.00. The highest BCUT2D eigenvalue weighted by Gasteiger charge is 2.10. The maximum Gasteiger partial charge on any atom is 0.240 e. The zero-order chi connectivity index (χ0) is 18.2. The Morgan fingerprint density at radius 2 is 2.23 bits per heavy atom. The number of anilines is 2. The molecule has 1 amide bonds. The molecule has 134 valence electrons. The van der Waals surface area contributed by atoms with Crippen LogP contribution in [0.4, 0.5) is 11.1 Å². The van der Waals surface area contributed by atoms with Crippen LogP contribution in [0.3, 0.4) is 0 Å². The van der Waals surface area contributed by atoms with E-state index in [1.807, 2.05) is 19.1 Å². The Labute approximate surface area is 157 Å². The van der Waals surface area contributed by atoms with Gasteiger partial charge in [-0.25, -0.2) is 10.5 Å². The van der Waals surface area contributed by atoms with Crippen LogP contribution in [0.25, 0.3) is 0 Å². The van der Waals surface area contributed by atoms with Crippen molar-refractivity contribution < 1.29 is 4.79 Å². The van der Waals surface area contributed by atoms with Gasteiger partial charge < -0.3 is 0 Å². The van der Waals surface area contributed by atoms with Gasteiger partial charge in [-0.2, -0.15) is 10.1 Å². The quantitative estimate of drug-likeness (QED) is 0.302. The highest BCUT2D eigenvalue weighted by atomic mass is 32.2. The third-order valence-electron chi connectivity index (χ3n) is 2.90. The number of carbonyl (C=O) groups is 1. The molecule has 0 bridgehead atoms. The summed E-state index contributed by atoms with van der Waals surface area (Å²) in [7, 11) is 0. The van der Waals surface area contributed by atoms with Crippen LogP contribution in [0.15, 0.2) is 34.8 Å². The lowest BCUT2D eigenvalue weighted by atomic mass is 10.3. The van der Waals surface area contributed by atoms with Gasteiger partial charge in [-0.15, -0.1) is 15.3 Å². The molecular formula is C14H15N9OS2. The van der Waals surface area contributed by atoms with Gasteiger partial charge in [0.2, 0.25) is 22.1 Å². The van der Waals surface area contributed by atoms with Crippen molar-refractivity contribution in [1.29, 1.82) is 0 Å². The van der Waals surface area contributed by atoms with Crippen LogP contribution >= 0.6 is 23.1 Å². The number of aromatic amines is 1. The van der Waals surface area contributed by atoms with Gasteiger partial charge in [0.05, 0.1) is 12.0 Å². The largest absolute Gasteiger partial charge is 0.300 e. The van der Waals surface area contributed by atoms with Gasteiger partial charge in [0.1, 0.15) is 5.01 Å². The molecular weight excluding hydrogens is 374 g/mol. The molecule has 0 saturated heterocycles. The number of amides is 1. The number of aromatic nitrogens is 6. The first-order valence-electron chi connectivity index (χ1n) is 7.59. The van der Waals surface area contributed by atoms with Crippen molar-refractivity contribution in [1.82, 2.24) is 30.4 Å². The molecule has 3 aromatic rings. The van der Waals surface area contributed by atoms with Gasteiger partial charge >= 0.3 is 0 Å². The second kappa shape index (κ2) is 9.01. The third kappa shape index (κ3) is 5.32. The van der Waals surface area contributed by atoms with E-state index in [9.17, 15) is 4.79 Å². The predicted molar refractivity (Wildman–Crippen MR) is 100 cm³/mol. The smallest absolute Gasteiger partial charge is 0.240 e. The molecule has 0 unspecified atom stereocenters. The molecule has 26 heavy (non-hydrogen) atoms. The number of pyridine rings is 1. The molecule has 0 aromatic carbocycles. The van der Waals surface area contributed by atoms with E-state index in [0.29, 0.717) is 16.2 Å². The van der Waals surface area contributed by atoms with Crippen LogP contribution in [-0.4, -0.2) is 48.2 Å². The van der Waals surface area contributed by atoms with E-state index in [2.05, 4.69) is 46.2 Å². The first-order chi connectivity index (χ1) is 12.7. The van der Waals surface area contributed by atoms with E-state index in [-0.39, 0.29) is 11.7 Å². The van der Waals surface area contributed by atoms with E-state index in [4.69, 9.17) is 0 Å². The Morgan fingerprint density at radius 1 is 1.38 bits per heavy atom. The van der Waals surface area contributed by atoms with Gasteiger partial charge in [0.15, 0.2) is 0 Å². The molecule has 0 radical (unpaired) electrons. The van der Waals surface area contributed by atoms with E-state index in [1.165, 1.54) is 23.1 Å². The SMILES string of the molecule is CCc1nnc(NC(=O)CSc2n[nH]c(N/N=C/c3ccncc3)n2)s1. The van der Waals surface area contributed by atoms with Gasteiger partial charge in [0.25, 0.3) is 0 Å². The Balaban J connectivity index is 1.44. The minimum Gasteiger partial charge on any atom is -0.300 e. The van der Waals surface area contributed by atoms with Crippen LogP contribution in [-0.2, 0) is 11.2 Å². The Morgan fingerprint density at radius 3 is 3.00 bits per heavy atom. The number of H-pyrrole nitrogens is 1. The van der Waals surface area contributed by atoms with E-state index in [1.54, 1.807) is 18.6 Å². The van der Waals surface area contributed by atoms with Crippen LogP contribution in [0.5, 0.6) is 0 Å². The second-order valence-corrected chi connectivity index (χ2v) is 6.81. The lowest BCUT2D eigenvalue weighted by molar-refractivity contribution is -0.113. The van der Waals surface area contributed by atoms with Crippen molar-refractivity contribution in [3.63, 3.8) is 0 Å². The van der Waals surface area contributed by atoms with E-state index >= 15 is 0 Å². The van der Waals surface area contributed by atoms with Gasteiger partial charge in [0, 0.05) is 12.4 Å². The number of nitrogens with zero attached hydrogens (tertiary/aromatic N) is 6. The van der Waals surface area contributed by atoms with Crippen LogP contribution in [0.1, 0.15) is 17.5 Å². The molecule has 3 aromatic heterocycles. The molecule has 12 heteroatoms. The number of hydrogen-bond acceptors (Lipinski definition) is 10. The third-order valence-corrected chi connectivity index (χ3v) is 4.73. The maximum atomic E-state index is 11.9. The fraction of sp³-hybridized carbons (Fsp3) is 0.214. The Kier molecular flexibility index (Phi) is 6.22. The lowest BCUT2D eigenvalue weighted by Gasteiger charge is -1.98. The Hall–Kier alpha value is -2.86. The maximum absolute atomic E-state index is 11.9. The highest BCUT2D eigenvalue weighted by molar-refractivity contribution is 7.99. The summed E-state index contributed by atoms with van der Waals surface area (Å²) in [6, 6.07) is 3.65. The summed E-state index contributed by atoms with van der Waals surface area (Å²) in [5.74, 6) is 0.359. The number of nitrogens with one attached hydrogen (secondary N) is 3. The number of rotatable bonds is 8. The Bertz CT molecular complexity index is 877. The van der Waals surface area contributed by atoms with Crippen LogP contribution in [0.2, 0.25) is 0 Å². The summed E-state index contributed by atoms with van der Waals surface area (Å²) in [4.78, 5) is 20.0. The monoisotopic (exact) mass is 389 g/mol. The van der Waals surface area contributed by atoms with Gasteiger partial charge in [-0.1, -0.05) is 30.0 Å². The van der Waals surface area contributed by atoms with Crippen molar-refractivity contribution >= 4 is 46.3 Å². The van der Waals surface area contributed by atoms with Crippen LogP contribution in [0, 0.1) is 0 Å². The number of hydrazone groups is 1. The first-order valence-corrected chi connectivity index (χ1v) is 9.39. The van der Waals surface area contributed by atoms with E-state index < -0.39 is 0 Å². The van der Waals surface area contributed by atoms with Crippen LogP contribution < -0.4 is 10.7 Å². The molecule has 0 aliphatic carbocycles. The molecule has 0 saturated carbocycles. The molecule has 0 spiro atoms. The van der Waals surface area contributed by atoms with Crippen molar-refractivity contribution in [2.45, 2.75) is 18.5 Å². The summed E-state index contributed by atoms with van der Waals surface area (Å²) < 4.78 is 0. The highest BCUT2D eigenvalue weighted by Crippen LogP contribution is 2.17. The van der Waals surface area contributed by atoms with Gasteiger partial charge in [-0.05, 0) is 24.1 Å². The average Bonchev–Trinajstić information content (AvgIpc) is 3.30. The van der Waals surface area contributed by atoms with E-state index in [0.717, 1.165) is 17.0 Å². The van der Waals surface area contributed by atoms with Crippen molar-refractivity contribution in [3.8, 4) is 0 Å². The second-order valence-electron chi connectivity index (χ2n) is 4.81. The minimum absolute atomic E-state index is 0.165. The first kappa shape index (κ1) is 17.9. The summed E-state index contributed by atoms with van der Waals surface area (Å²) in [6.45, 7) is 1.98. The molecule has 3 heterocycles. The average molecular weight is 389 g/mol. The molecule has 0 aliphatic rings. The molecule has 10 nitrogen and oxygen atoms in total. The molecule has 0 fully saturated rings. The number of hydrogen-bond donors (Lipinski definition) is 3. The summed E-state index contributed by atoms with van der Waals surface area (Å²) >= 11 is 2.57. The normalized spacial score (nSPS) is 11.0. The standard InChI is InChI=1S/C14H15N9OS2/c1-2-11-19-23-14(26-11)17-10(24)8-25-13-18-12(21-22-13)20-16-7-9-3-5-15-6-4-9/h3-7H,2,8H2,1H3,(H,17,23,24)(H2,18,20,21,22)/b16-7+. The minimum atomic E-state index is -0.191. The topological polar surface area (TPSA) is 134 Å². The van der Waals surface area contributed by atoms with Crippen molar-refractivity contribution in [3.05, 3.63) is 35.1 Å². The van der Waals surface area contributed by atoms with Crippen molar-refractivity contribution in [2.24, 2.45) is 5.10 Å². The van der Waals surface area contributed by atoms with Gasteiger partial charge in [-0.3, -0.25) is 15.1 Å². The lowest BCUT2D eigenvalue weighted by Crippen LogP contribution is -2.13. The molecule has 3 rings (SSSR count). The summed E-state index contributed by atoms with van der Waals surface area (Å²) in [6.07, 6.45) is 5.79. The number of carbonyl (C=O) groups excluding carboxylic acids is 1. The predicted octanol–water partition coefficient (Wildman–Crippen LogP) is 1.79.